The van der Waals surface area contributed by atoms with Gasteiger partial charge in [-0.25, -0.2) is 13.1 Å². The number of rotatable bonds is 7. The van der Waals surface area contributed by atoms with Crippen molar-refractivity contribution < 1.29 is 17.9 Å². The van der Waals surface area contributed by atoms with Crippen LogP contribution in [0.1, 0.15) is 28.1 Å². The number of benzene rings is 1. The van der Waals surface area contributed by atoms with Crippen LogP contribution in [0.25, 0.3) is 0 Å². The van der Waals surface area contributed by atoms with E-state index in [1.165, 1.54) is 17.0 Å². The molecule has 1 amide bonds. The zero-order valence-corrected chi connectivity index (χ0v) is 18.5. The minimum Gasteiger partial charge on any atom is -0.377 e. The zero-order chi connectivity index (χ0) is 21.0. The first-order valence-electron chi connectivity index (χ1n) is 10.3. The van der Waals surface area contributed by atoms with E-state index in [2.05, 4.69) is 27.1 Å². The highest BCUT2D eigenvalue weighted by Gasteiger charge is 2.25. The smallest absolute Gasteiger partial charge is 0.253 e. The van der Waals surface area contributed by atoms with E-state index in [1.807, 2.05) is 0 Å². The van der Waals surface area contributed by atoms with E-state index in [0.29, 0.717) is 25.3 Å². The largest absolute Gasteiger partial charge is 0.377 e. The van der Waals surface area contributed by atoms with Gasteiger partial charge >= 0.3 is 0 Å². The highest BCUT2D eigenvalue weighted by Crippen LogP contribution is 2.18. The number of piperazine rings is 1. The number of carbonyl (C=O) groups excluding carboxylic acids is 1. The molecule has 0 saturated carbocycles. The van der Waals surface area contributed by atoms with Gasteiger partial charge in [-0.15, -0.1) is 11.3 Å². The standard InChI is InChI=1S/C21H27N3O4S2/c25-21(24-10-8-23(9-11-24)16-19-6-3-13-29-19)17-4-1-7-20(14-17)30(26,27)22-15-18-5-2-12-28-18/h1,3-4,6-7,13-14,18,22H,2,5,8-12,15-16H2. The molecule has 2 saturated heterocycles. The Morgan fingerprint density at radius 2 is 2.00 bits per heavy atom. The minimum atomic E-state index is -3.68. The molecule has 30 heavy (non-hydrogen) atoms. The first-order valence-corrected chi connectivity index (χ1v) is 12.6. The van der Waals surface area contributed by atoms with Crippen molar-refractivity contribution in [2.75, 3.05) is 39.3 Å². The lowest BCUT2D eigenvalue weighted by molar-refractivity contribution is 0.0629. The Hall–Kier alpha value is -1.78. The number of nitrogens with one attached hydrogen (secondary N) is 1. The average molecular weight is 450 g/mol. The molecule has 2 fully saturated rings. The summed E-state index contributed by atoms with van der Waals surface area (Å²) in [5.74, 6) is -0.123. The summed E-state index contributed by atoms with van der Waals surface area (Å²) in [5.41, 5.74) is 0.404. The van der Waals surface area contributed by atoms with Crippen molar-refractivity contribution in [1.29, 1.82) is 0 Å². The lowest BCUT2D eigenvalue weighted by Gasteiger charge is -2.34. The van der Waals surface area contributed by atoms with Gasteiger partial charge in [0.25, 0.3) is 5.91 Å². The summed E-state index contributed by atoms with van der Waals surface area (Å²) in [6.45, 7) is 4.74. The molecular weight excluding hydrogens is 422 g/mol. The van der Waals surface area contributed by atoms with Gasteiger partial charge in [-0.05, 0) is 42.5 Å². The molecule has 2 aromatic rings. The molecule has 1 unspecified atom stereocenters. The molecule has 9 heteroatoms. The first-order chi connectivity index (χ1) is 14.5. The fraction of sp³-hybridized carbons (Fsp3) is 0.476. The van der Waals surface area contributed by atoms with Crippen LogP contribution in [0.2, 0.25) is 0 Å². The Morgan fingerprint density at radius 1 is 1.17 bits per heavy atom. The summed E-state index contributed by atoms with van der Waals surface area (Å²) in [7, 11) is -3.68. The highest BCUT2D eigenvalue weighted by atomic mass is 32.2. The van der Waals surface area contributed by atoms with Crippen LogP contribution in [0.4, 0.5) is 0 Å². The Kier molecular flexibility index (Phi) is 6.84. The maximum absolute atomic E-state index is 12.9. The summed E-state index contributed by atoms with van der Waals surface area (Å²) >= 11 is 1.74. The summed E-state index contributed by atoms with van der Waals surface area (Å²) < 4.78 is 33.4. The molecule has 1 N–H and O–H groups in total. The monoisotopic (exact) mass is 449 g/mol. The van der Waals surface area contributed by atoms with Crippen LogP contribution in [0.3, 0.4) is 0 Å². The third kappa shape index (κ3) is 5.28. The summed E-state index contributed by atoms with van der Waals surface area (Å²) in [4.78, 5) is 18.5. The number of ether oxygens (including phenoxy) is 1. The number of sulfonamides is 1. The molecule has 1 atom stereocenters. The van der Waals surface area contributed by atoms with Crippen molar-refractivity contribution in [2.24, 2.45) is 0 Å². The maximum Gasteiger partial charge on any atom is 0.253 e. The van der Waals surface area contributed by atoms with E-state index in [1.54, 1.807) is 28.4 Å². The van der Waals surface area contributed by atoms with Crippen LogP contribution in [0, 0.1) is 0 Å². The van der Waals surface area contributed by atoms with Gasteiger partial charge in [-0.2, -0.15) is 0 Å². The molecule has 162 valence electrons. The van der Waals surface area contributed by atoms with Gasteiger partial charge in [0.2, 0.25) is 10.0 Å². The second-order valence-electron chi connectivity index (χ2n) is 7.66. The van der Waals surface area contributed by atoms with Crippen molar-refractivity contribution in [3.05, 3.63) is 52.2 Å². The molecule has 0 aliphatic carbocycles. The van der Waals surface area contributed by atoms with E-state index < -0.39 is 10.0 Å². The van der Waals surface area contributed by atoms with Gasteiger partial charge in [-0.3, -0.25) is 9.69 Å². The van der Waals surface area contributed by atoms with E-state index in [9.17, 15) is 13.2 Å². The molecule has 3 heterocycles. The molecule has 7 nitrogen and oxygen atoms in total. The Morgan fingerprint density at radius 3 is 2.70 bits per heavy atom. The molecule has 1 aromatic carbocycles. The molecule has 1 aromatic heterocycles. The van der Waals surface area contributed by atoms with E-state index >= 15 is 0 Å². The third-order valence-electron chi connectivity index (χ3n) is 5.54. The van der Waals surface area contributed by atoms with Crippen LogP contribution in [0.15, 0.2) is 46.7 Å². The van der Waals surface area contributed by atoms with Gasteiger partial charge in [0.1, 0.15) is 0 Å². The lowest BCUT2D eigenvalue weighted by Crippen LogP contribution is -2.48. The summed E-state index contributed by atoms with van der Waals surface area (Å²) in [5, 5.41) is 2.08. The molecule has 4 rings (SSSR count). The molecule has 0 spiro atoms. The third-order valence-corrected chi connectivity index (χ3v) is 7.82. The molecular formula is C21H27N3O4S2. The van der Waals surface area contributed by atoms with Crippen molar-refractivity contribution >= 4 is 27.3 Å². The Balaban J connectivity index is 1.35. The first kappa shape index (κ1) is 21.5. The fourth-order valence-electron chi connectivity index (χ4n) is 3.80. The SMILES string of the molecule is O=C(c1cccc(S(=O)(=O)NCC2CCCO2)c1)N1CCN(Cc2cccs2)CC1. The maximum atomic E-state index is 12.9. The van der Waals surface area contributed by atoms with E-state index in [-0.39, 0.29) is 23.5 Å². The van der Waals surface area contributed by atoms with Crippen molar-refractivity contribution in [1.82, 2.24) is 14.5 Å². The predicted octanol–water partition coefficient (Wildman–Crippen LogP) is 2.16. The van der Waals surface area contributed by atoms with Gasteiger partial charge in [0.05, 0.1) is 11.0 Å². The number of amides is 1. The van der Waals surface area contributed by atoms with Crippen LogP contribution >= 0.6 is 11.3 Å². The topological polar surface area (TPSA) is 78.9 Å². The number of hydrogen-bond donors (Lipinski definition) is 1. The van der Waals surface area contributed by atoms with E-state index in [0.717, 1.165) is 32.5 Å². The predicted molar refractivity (Wildman–Crippen MR) is 116 cm³/mol. The molecule has 0 radical (unpaired) electrons. The van der Waals surface area contributed by atoms with Gasteiger partial charge in [-0.1, -0.05) is 12.1 Å². The van der Waals surface area contributed by atoms with Crippen molar-refractivity contribution in [3.8, 4) is 0 Å². The number of carbonyl (C=O) groups is 1. The van der Waals surface area contributed by atoms with E-state index in [4.69, 9.17) is 4.74 Å². The van der Waals surface area contributed by atoms with Crippen molar-refractivity contribution in [3.63, 3.8) is 0 Å². The number of nitrogens with zero attached hydrogens (tertiary/aromatic N) is 2. The Labute approximate surface area is 181 Å². The van der Waals surface area contributed by atoms with Crippen LogP contribution in [0.5, 0.6) is 0 Å². The second-order valence-corrected chi connectivity index (χ2v) is 10.5. The van der Waals surface area contributed by atoms with Gasteiger partial charge in [0, 0.05) is 56.3 Å². The molecule has 2 aliphatic heterocycles. The molecule has 2 aliphatic rings. The van der Waals surface area contributed by atoms with Gasteiger partial charge in [0.15, 0.2) is 0 Å². The highest BCUT2D eigenvalue weighted by molar-refractivity contribution is 7.89. The minimum absolute atomic E-state index is 0.0740. The average Bonchev–Trinajstić information content (AvgIpc) is 3.47. The fourth-order valence-corrected chi connectivity index (χ4v) is 5.66. The van der Waals surface area contributed by atoms with Gasteiger partial charge < -0.3 is 9.64 Å². The van der Waals surface area contributed by atoms with Crippen LogP contribution < -0.4 is 4.72 Å². The lowest BCUT2D eigenvalue weighted by atomic mass is 10.2. The summed E-state index contributed by atoms with van der Waals surface area (Å²) in [6, 6.07) is 10.5. The normalized spacial score (nSPS) is 20.5. The van der Waals surface area contributed by atoms with Crippen molar-refractivity contribution in [2.45, 2.75) is 30.4 Å². The van der Waals surface area contributed by atoms with Crippen LogP contribution in [-0.2, 0) is 21.3 Å². The zero-order valence-electron chi connectivity index (χ0n) is 16.8. The quantitative estimate of drug-likeness (QED) is 0.701. The second kappa shape index (κ2) is 9.57. The number of hydrogen-bond acceptors (Lipinski definition) is 6. The molecule has 0 bridgehead atoms. The summed E-state index contributed by atoms with van der Waals surface area (Å²) in [6.07, 6.45) is 1.74. The van der Waals surface area contributed by atoms with Crippen LogP contribution in [-0.4, -0.2) is 69.6 Å². The Bertz CT molecular complexity index is 948. The number of thiophene rings is 1.